The number of hydrogen-bond donors (Lipinski definition) is 0. The molecule has 2 aromatic rings. The summed E-state index contributed by atoms with van der Waals surface area (Å²) in [5.74, 6) is 0. The molecule has 0 fully saturated rings. The monoisotopic (exact) mass is 257 g/mol. The molecule has 0 N–H and O–H groups in total. The van der Waals surface area contributed by atoms with Crippen LogP contribution in [0.25, 0.3) is 11.1 Å². The van der Waals surface area contributed by atoms with Crippen LogP contribution in [0.1, 0.15) is 16.5 Å². The molecule has 0 amide bonds. The molecule has 85 valence electrons. The molecule has 1 radical (unpaired) electrons. The highest BCUT2D eigenvalue weighted by atomic mass is 35.5. The lowest BCUT2D eigenvalue weighted by Gasteiger charge is -2.13. The van der Waals surface area contributed by atoms with Crippen LogP contribution in [0.15, 0.2) is 42.5 Å². The van der Waals surface area contributed by atoms with E-state index in [1.165, 1.54) is 27.4 Å². The summed E-state index contributed by atoms with van der Waals surface area (Å²) in [6.45, 7) is 4.65. The second-order valence-corrected chi connectivity index (χ2v) is 7.69. The molecular weight excluding hydrogens is 244 g/mol. The zero-order chi connectivity index (χ0) is 12.0. The van der Waals surface area contributed by atoms with E-state index in [2.05, 4.69) is 55.6 Å². The van der Waals surface area contributed by atoms with Crippen molar-refractivity contribution in [2.24, 2.45) is 0 Å². The summed E-state index contributed by atoms with van der Waals surface area (Å²) in [6.07, 6.45) is 0. The maximum Gasteiger partial charge on any atom is 0.0846 e. The number of halogens is 1. The summed E-state index contributed by atoms with van der Waals surface area (Å²) < 4.78 is 0. The van der Waals surface area contributed by atoms with Gasteiger partial charge in [-0.05, 0) is 22.3 Å². The first kappa shape index (κ1) is 11.1. The van der Waals surface area contributed by atoms with Crippen LogP contribution in [0.3, 0.4) is 0 Å². The Morgan fingerprint density at radius 3 is 2.41 bits per heavy atom. The largest absolute Gasteiger partial charge is 0.113 e. The molecule has 0 saturated heterocycles. The van der Waals surface area contributed by atoms with E-state index < -0.39 is 8.80 Å². The zero-order valence-corrected chi connectivity index (χ0v) is 11.8. The molecule has 2 heteroatoms. The summed E-state index contributed by atoms with van der Waals surface area (Å²) in [4.78, 5) is 0. The van der Waals surface area contributed by atoms with Crippen LogP contribution in [0.2, 0.25) is 13.1 Å². The number of alkyl halides is 1. The van der Waals surface area contributed by atoms with Crippen molar-refractivity contribution in [2.45, 2.75) is 18.5 Å². The normalized spacial score (nSPS) is 17.1. The number of rotatable bonds is 1. The first-order chi connectivity index (χ1) is 8.20. The van der Waals surface area contributed by atoms with Gasteiger partial charge in [0.25, 0.3) is 0 Å². The van der Waals surface area contributed by atoms with Crippen molar-refractivity contribution < 1.29 is 0 Å². The van der Waals surface area contributed by atoms with Gasteiger partial charge in [-0.3, -0.25) is 0 Å². The topological polar surface area (TPSA) is 0 Å². The van der Waals surface area contributed by atoms with Crippen molar-refractivity contribution in [1.29, 1.82) is 0 Å². The maximum atomic E-state index is 6.64. The Morgan fingerprint density at radius 2 is 1.65 bits per heavy atom. The molecule has 0 bridgehead atoms. The lowest BCUT2D eigenvalue weighted by Crippen LogP contribution is -2.26. The van der Waals surface area contributed by atoms with Crippen molar-refractivity contribution >= 4 is 25.6 Å². The average Bonchev–Trinajstić information content (AvgIpc) is 2.64. The van der Waals surface area contributed by atoms with Crippen molar-refractivity contribution in [3.05, 3.63) is 53.6 Å². The van der Waals surface area contributed by atoms with Gasteiger partial charge in [0.1, 0.15) is 0 Å². The highest BCUT2D eigenvalue weighted by Gasteiger charge is 2.29. The van der Waals surface area contributed by atoms with Gasteiger partial charge in [0.2, 0.25) is 0 Å². The van der Waals surface area contributed by atoms with E-state index in [9.17, 15) is 0 Å². The maximum absolute atomic E-state index is 6.64. The molecule has 2 aromatic carbocycles. The molecule has 0 aromatic heterocycles. The van der Waals surface area contributed by atoms with Crippen molar-refractivity contribution in [1.82, 2.24) is 0 Å². The molecule has 3 rings (SSSR count). The Bertz CT molecular complexity index is 575. The molecule has 1 aliphatic rings. The van der Waals surface area contributed by atoms with Gasteiger partial charge in [-0.1, -0.05) is 60.7 Å². The van der Waals surface area contributed by atoms with Crippen LogP contribution in [0.4, 0.5) is 0 Å². The lowest BCUT2D eigenvalue weighted by atomic mass is 10.1. The first-order valence-corrected chi connectivity index (χ1v) is 8.80. The first-order valence-electron chi connectivity index (χ1n) is 5.87. The third-order valence-electron chi connectivity index (χ3n) is 3.42. The van der Waals surface area contributed by atoms with Crippen LogP contribution >= 0.6 is 11.6 Å². The van der Waals surface area contributed by atoms with Gasteiger partial charge in [0, 0.05) is 0 Å². The van der Waals surface area contributed by atoms with E-state index in [1.807, 2.05) is 0 Å². The quantitative estimate of drug-likeness (QED) is 0.536. The summed E-state index contributed by atoms with van der Waals surface area (Å²) in [5, 5.41) is 1.51. The molecule has 1 unspecified atom stereocenters. The highest BCUT2D eigenvalue weighted by Crippen LogP contribution is 2.45. The second kappa shape index (κ2) is 4.00. The van der Waals surface area contributed by atoms with Crippen LogP contribution in [-0.4, -0.2) is 8.80 Å². The van der Waals surface area contributed by atoms with E-state index in [1.54, 1.807) is 0 Å². The Morgan fingerprint density at radius 1 is 0.941 bits per heavy atom. The van der Waals surface area contributed by atoms with Gasteiger partial charge in [0.05, 0.1) is 14.2 Å². The molecular formula is C15H14ClSi. The third kappa shape index (κ3) is 1.57. The van der Waals surface area contributed by atoms with E-state index >= 15 is 0 Å². The fourth-order valence-electron chi connectivity index (χ4n) is 2.63. The molecule has 1 atom stereocenters. The molecule has 1 aliphatic carbocycles. The SMILES string of the molecule is C[Si](C)c1cccc2c1C(Cl)c1ccccc1-2. The van der Waals surface area contributed by atoms with E-state index in [0.29, 0.717) is 0 Å². The van der Waals surface area contributed by atoms with Gasteiger partial charge in [-0.25, -0.2) is 0 Å². The third-order valence-corrected chi connectivity index (χ3v) is 5.39. The summed E-state index contributed by atoms with van der Waals surface area (Å²) in [5.41, 5.74) is 5.27. The minimum atomic E-state index is -0.470. The molecule has 0 saturated carbocycles. The fraction of sp³-hybridized carbons (Fsp3) is 0.200. The smallest absolute Gasteiger partial charge is 0.0846 e. The number of fused-ring (bicyclic) bond motifs is 3. The van der Waals surface area contributed by atoms with Crippen LogP contribution in [0.5, 0.6) is 0 Å². The molecule has 0 aliphatic heterocycles. The molecule has 0 spiro atoms. The van der Waals surface area contributed by atoms with Crippen molar-refractivity contribution in [2.75, 3.05) is 0 Å². The van der Waals surface area contributed by atoms with Gasteiger partial charge < -0.3 is 0 Å². The van der Waals surface area contributed by atoms with E-state index in [-0.39, 0.29) is 5.38 Å². The Kier molecular flexibility index (Phi) is 2.61. The Hall–Kier alpha value is -1.05. The average molecular weight is 258 g/mol. The fourth-order valence-corrected chi connectivity index (χ4v) is 4.39. The summed E-state index contributed by atoms with van der Waals surface area (Å²) in [6, 6.07) is 15.1. The number of hydrogen-bond acceptors (Lipinski definition) is 0. The Balaban J connectivity index is 2.30. The van der Waals surface area contributed by atoms with Gasteiger partial charge in [-0.15, -0.1) is 11.6 Å². The highest BCUT2D eigenvalue weighted by molar-refractivity contribution is 6.71. The summed E-state index contributed by atoms with van der Waals surface area (Å²) >= 11 is 6.64. The van der Waals surface area contributed by atoms with Crippen molar-refractivity contribution in [3.63, 3.8) is 0 Å². The minimum absolute atomic E-state index is 0.0392. The molecule has 17 heavy (non-hydrogen) atoms. The van der Waals surface area contributed by atoms with E-state index in [4.69, 9.17) is 11.6 Å². The minimum Gasteiger partial charge on any atom is -0.113 e. The molecule has 0 nitrogen and oxygen atoms in total. The predicted octanol–water partition coefficient (Wildman–Crippen LogP) is 3.96. The van der Waals surface area contributed by atoms with Crippen LogP contribution in [0, 0.1) is 0 Å². The molecule has 0 heterocycles. The second-order valence-electron chi connectivity index (χ2n) is 4.72. The predicted molar refractivity (Wildman–Crippen MR) is 76.7 cm³/mol. The van der Waals surface area contributed by atoms with E-state index in [0.717, 1.165) is 0 Å². The van der Waals surface area contributed by atoms with Crippen LogP contribution < -0.4 is 5.19 Å². The van der Waals surface area contributed by atoms with Gasteiger partial charge in [0.15, 0.2) is 0 Å². The van der Waals surface area contributed by atoms with Gasteiger partial charge in [-0.2, -0.15) is 0 Å². The number of benzene rings is 2. The summed E-state index contributed by atoms with van der Waals surface area (Å²) in [7, 11) is -0.470. The standard InChI is InChI=1S/C15H14ClSi/c1-17(2)13-9-5-8-11-10-6-3-4-7-12(10)15(16)14(11)13/h3-9,15H,1-2H3. The Labute approximate surface area is 109 Å². The lowest BCUT2D eigenvalue weighted by molar-refractivity contribution is 1.21. The van der Waals surface area contributed by atoms with Crippen LogP contribution in [-0.2, 0) is 0 Å². The van der Waals surface area contributed by atoms with Gasteiger partial charge >= 0.3 is 0 Å². The zero-order valence-electron chi connectivity index (χ0n) is 10.00. The van der Waals surface area contributed by atoms with Crippen molar-refractivity contribution in [3.8, 4) is 11.1 Å².